The molecular formula is C10H14INO2. The number of esters is 1. The van der Waals surface area contributed by atoms with Crippen molar-refractivity contribution in [2.75, 3.05) is 6.61 Å². The van der Waals surface area contributed by atoms with Gasteiger partial charge >= 0.3 is 5.97 Å². The molecule has 0 aliphatic heterocycles. The lowest BCUT2D eigenvalue weighted by molar-refractivity contribution is 0.0519. The van der Waals surface area contributed by atoms with E-state index in [1.165, 1.54) is 5.56 Å². The van der Waals surface area contributed by atoms with E-state index >= 15 is 0 Å². The molecule has 78 valence electrons. The van der Waals surface area contributed by atoms with Crippen LogP contribution in [0.2, 0.25) is 0 Å². The Morgan fingerprint density at radius 1 is 1.50 bits per heavy atom. The molecule has 0 amide bonds. The quantitative estimate of drug-likeness (QED) is 0.689. The molecule has 1 N–H and O–H groups in total. The zero-order chi connectivity index (χ0) is 10.7. The summed E-state index contributed by atoms with van der Waals surface area (Å²) < 4.78 is 5.98. The number of carbonyl (C=O) groups is 1. The highest BCUT2D eigenvalue weighted by Gasteiger charge is 2.17. The molecule has 0 aliphatic carbocycles. The minimum Gasteiger partial charge on any atom is -0.461 e. The third kappa shape index (κ3) is 2.10. The van der Waals surface area contributed by atoms with Crippen molar-refractivity contribution in [1.82, 2.24) is 4.98 Å². The first kappa shape index (κ1) is 11.6. The van der Waals surface area contributed by atoms with Gasteiger partial charge in [0.05, 0.1) is 10.3 Å². The molecular weight excluding hydrogens is 293 g/mol. The second-order valence-corrected chi connectivity index (χ2v) is 4.07. The maximum Gasteiger partial charge on any atom is 0.355 e. The third-order valence-corrected chi connectivity index (χ3v) is 3.08. The average Bonchev–Trinajstić information content (AvgIpc) is 2.42. The molecule has 14 heavy (non-hydrogen) atoms. The fraction of sp³-hybridized carbons (Fsp3) is 0.500. The number of hydrogen-bond donors (Lipinski definition) is 1. The van der Waals surface area contributed by atoms with Gasteiger partial charge in [-0.15, -0.1) is 0 Å². The van der Waals surface area contributed by atoms with Crippen LogP contribution in [-0.4, -0.2) is 17.6 Å². The number of carbonyl (C=O) groups excluding carboxylic acids is 1. The first-order valence-electron chi connectivity index (χ1n) is 4.65. The fourth-order valence-corrected chi connectivity index (χ4v) is 2.48. The predicted octanol–water partition coefficient (Wildman–Crippen LogP) is 2.67. The van der Waals surface area contributed by atoms with Gasteiger partial charge in [-0.3, -0.25) is 0 Å². The first-order valence-corrected chi connectivity index (χ1v) is 5.73. The molecule has 1 heterocycles. The molecule has 0 atom stereocenters. The Hall–Kier alpha value is -0.520. The van der Waals surface area contributed by atoms with Crippen LogP contribution in [-0.2, 0) is 11.2 Å². The number of ether oxygens (including phenoxy) is 1. The van der Waals surface area contributed by atoms with Crippen molar-refractivity contribution in [2.24, 2.45) is 0 Å². The van der Waals surface area contributed by atoms with Gasteiger partial charge in [0.25, 0.3) is 0 Å². The van der Waals surface area contributed by atoms with Crippen molar-refractivity contribution in [3.05, 3.63) is 20.5 Å². The summed E-state index contributed by atoms with van der Waals surface area (Å²) in [5.74, 6) is -0.261. The van der Waals surface area contributed by atoms with E-state index in [0.29, 0.717) is 12.3 Å². The SMILES string of the molecule is CCOC(=O)c1[nH]c(I)c(CC)c1C. The van der Waals surface area contributed by atoms with E-state index in [1.807, 2.05) is 13.8 Å². The Balaban J connectivity index is 3.04. The average molecular weight is 307 g/mol. The number of rotatable bonds is 3. The monoisotopic (exact) mass is 307 g/mol. The second kappa shape index (κ2) is 4.82. The summed E-state index contributed by atoms with van der Waals surface area (Å²) in [5.41, 5.74) is 2.80. The molecule has 0 saturated heterocycles. The molecule has 3 nitrogen and oxygen atoms in total. The van der Waals surface area contributed by atoms with E-state index < -0.39 is 0 Å². The van der Waals surface area contributed by atoms with Crippen LogP contribution in [0.1, 0.15) is 35.5 Å². The minimum atomic E-state index is -0.261. The van der Waals surface area contributed by atoms with E-state index in [1.54, 1.807) is 0 Å². The first-order chi connectivity index (χ1) is 6.61. The lowest BCUT2D eigenvalue weighted by Gasteiger charge is -2.00. The Morgan fingerprint density at radius 2 is 2.14 bits per heavy atom. The zero-order valence-electron chi connectivity index (χ0n) is 8.61. The van der Waals surface area contributed by atoms with Crippen molar-refractivity contribution in [3.63, 3.8) is 0 Å². The van der Waals surface area contributed by atoms with E-state index in [2.05, 4.69) is 34.5 Å². The highest BCUT2D eigenvalue weighted by Crippen LogP contribution is 2.21. The molecule has 4 heteroatoms. The zero-order valence-corrected chi connectivity index (χ0v) is 10.8. The molecule has 0 fully saturated rings. The number of halogens is 1. The van der Waals surface area contributed by atoms with Crippen LogP contribution in [0.15, 0.2) is 0 Å². The molecule has 0 spiro atoms. The Morgan fingerprint density at radius 3 is 2.57 bits per heavy atom. The molecule has 1 aromatic heterocycles. The second-order valence-electron chi connectivity index (χ2n) is 2.99. The third-order valence-electron chi connectivity index (χ3n) is 2.16. The van der Waals surface area contributed by atoms with Gasteiger partial charge in [0.1, 0.15) is 5.69 Å². The van der Waals surface area contributed by atoms with Crippen LogP contribution in [0.3, 0.4) is 0 Å². The number of aromatic amines is 1. The predicted molar refractivity (Wildman–Crippen MR) is 63.6 cm³/mol. The number of aromatic nitrogens is 1. The normalized spacial score (nSPS) is 10.3. The van der Waals surface area contributed by atoms with Crippen molar-refractivity contribution < 1.29 is 9.53 Å². The van der Waals surface area contributed by atoms with Crippen LogP contribution in [0.25, 0.3) is 0 Å². The minimum absolute atomic E-state index is 0.261. The molecule has 0 saturated carbocycles. The van der Waals surface area contributed by atoms with Gasteiger partial charge in [0.2, 0.25) is 0 Å². The lowest BCUT2D eigenvalue weighted by Crippen LogP contribution is -2.06. The van der Waals surface area contributed by atoms with Crippen molar-refractivity contribution in [3.8, 4) is 0 Å². The van der Waals surface area contributed by atoms with Gasteiger partial charge in [-0.25, -0.2) is 4.79 Å². The highest BCUT2D eigenvalue weighted by molar-refractivity contribution is 14.1. The van der Waals surface area contributed by atoms with Crippen LogP contribution in [0.4, 0.5) is 0 Å². The van der Waals surface area contributed by atoms with E-state index in [0.717, 1.165) is 15.7 Å². The van der Waals surface area contributed by atoms with E-state index in [4.69, 9.17) is 4.74 Å². The number of H-pyrrole nitrogens is 1. The van der Waals surface area contributed by atoms with Gasteiger partial charge in [-0.2, -0.15) is 0 Å². The van der Waals surface area contributed by atoms with Gasteiger partial charge < -0.3 is 9.72 Å². The smallest absolute Gasteiger partial charge is 0.355 e. The summed E-state index contributed by atoms with van der Waals surface area (Å²) in [7, 11) is 0. The fourth-order valence-electron chi connectivity index (χ4n) is 1.42. The Labute approximate surface area is 97.4 Å². The summed E-state index contributed by atoms with van der Waals surface area (Å²) in [6, 6.07) is 0. The van der Waals surface area contributed by atoms with Crippen LogP contribution >= 0.6 is 22.6 Å². The molecule has 1 aromatic rings. The molecule has 0 bridgehead atoms. The topological polar surface area (TPSA) is 42.1 Å². The Bertz CT molecular complexity index is 344. The maximum absolute atomic E-state index is 11.5. The molecule has 0 unspecified atom stereocenters. The number of hydrogen-bond acceptors (Lipinski definition) is 2. The van der Waals surface area contributed by atoms with Gasteiger partial charge in [0, 0.05) is 0 Å². The van der Waals surface area contributed by atoms with Crippen molar-refractivity contribution in [1.29, 1.82) is 0 Å². The molecule has 0 radical (unpaired) electrons. The summed E-state index contributed by atoms with van der Waals surface area (Å²) >= 11 is 2.21. The maximum atomic E-state index is 11.5. The summed E-state index contributed by atoms with van der Waals surface area (Å²) in [6.45, 7) is 6.24. The highest BCUT2D eigenvalue weighted by atomic mass is 127. The molecule has 1 rings (SSSR count). The summed E-state index contributed by atoms with van der Waals surface area (Å²) in [4.78, 5) is 14.6. The van der Waals surface area contributed by atoms with E-state index in [-0.39, 0.29) is 5.97 Å². The summed E-state index contributed by atoms with van der Waals surface area (Å²) in [5, 5.41) is 0. The molecule has 0 aromatic carbocycles. The van der Waals surface area contributed by atoms with Crippen molar-refractivity contribution in [2.45, 2.75) is 27.2 Å². The van der Waals surface area contributed by atoms with Crippen LogP contribution in [0.5, 0.6) is 0 Å². The standard InChI is InChI=1S/C10H14INO2/c1-4-7-6(3)8(12-9(7)11)10(13)14-5-2/h12H,4-5H2,1-3H3. The van der Waals surface area contributed by atoms with Crippen LogP contribution in [0, 0.1) is 10.6 Å². The van der Waals surface area contributed by atoms with Gasteiger partial charge in [0.15, 0.2) is 0 Å². The van der Waals surface area contributed by atoms with Crippen molar-refractivity contribution >= 4 is 28.6 Å². The van der Waals surface area contributed by atoms with Gasteiger partial charge in [-0.1, -0.05) is 6.92 Å². The summed E-state index contributed by atoms with van der Waals surface area (Å²) in [6.07, 6.45) is 0.931. The lowest BCUT2D eigenvalue weighted by atomic mass is 10.1. The largest absolute Gasteiger partial charge is 0.461 e. The number of nitrogens with one attached hydrogen (secondary N) is 1. The molecule has 0 aliphatic rings. The Kier molecular flexibility index (Phi) is 3.97. The van der Waals surface area contributed by atoms with Gasteiger partial charge in [-0.05, 0) is 54.0 Å². The van der Waals surface area contributed by atoms with Crippen LogP contribution < -0.4 is 0 Å². The van der Waals surface area contributed by atoms with E-state index in [9.17, 15) is 4.79 Å².